The molecule has 77 heavy (non-hydrogen) atoms. The van der Waals surface area contributed by atoms with Gasteiger partial charge in [0.15, 0.2) is 11.6 Å². The lowest BCUT2D eigenvalue weighted by Gasteiger charge is -2.38. The quantitative estimate of drug-likeness (QED) is 0.170. The zero-order valence-corrected chi connectivity index (χ0v) is 44.8. The number of aliphatic hydroxyl groups excluding tert-OH is 2. The molecule has 1 unspecified atom stereocenters. The van der Waals surface area contributed by atoms with E-state index in [1.807, 2.05) is 0 Å². The lowest BCUT2D eigenvalue weighted by molar-refractivity contribution is -0.160. The number of anilines is 1. The van der Waals surface area contributed by atoms with Crippen molar-refractivity contribution in [2.75, 3.05) is 39.3 Å². The number of benzene rings is 2. The second-order valence-corrected chi connectivity index (χ2v) is 21.0. The highest BCUT2D eigenvalue weighted by atomic mass is 19.1. The average Bonchev–Trinajstić information content (AvgIpc) is 4.19. The number of aromatic nitrogens is 1. The first-order valence-electron chi connectivity index (χ1n) is 25.5. The van der Waals surface area contributed by atoms with Crippen molar-refractivity contribution in [2.45, 2.75) is 117 Å². The molecule has 2 fully saturated rings. The summed E-state index contributed by atoms with van der Waals surface area (Å²) in [6.07, 6.45) is 5.74. The molecule has 6 aliphatic rings. The summed E-state index contributed by atoms with van der Waals surface area (Å²) in [6.45, 7) is 12.2. The summed E-state index contributed by atoms with van der Waals surface area (Å²) in [6, 6.07) is 0.0942. The number of phenolic OH excluding ortho intramolecular Hbond substituents is 1. The number of likely N-dealkylation sites (N-methyl/N-ethyl adjacent to an activating group) is 1. The van der Waals surface area contributed by atoms with Gasteiger partial charge < -0.3 is 63.8 Å². The molecule has 20 nitrogen and oxygen atoms in total. The van der Waals surface area contributed by atoms with E-state index in [2.05, 4.69) is 5.32 Å². The topological polar surface area (TPSA) is 270 Å². The van der Waals surface area contributed by atoms with Crippen LogP contribution in [0.4, 0.5) is 10.1 Å². The van der Waals surface area contributed by atoms with Gasteiger partial charge in [0, 0.05) is 94.2 Å². The average molecular weight is 1070 g/mol. The Morgan fingerprint density at radius 2 is 1.62 bits per heavy atom. The molecule has 4 aliphatic heterocycles. The number of carbonyl (C=O) groups excluding carboxylic acids is 5. The van der Waals surface area contributed by atoms with Crippen molar-refractivity contribution in [3.63, 3.8) is 0 Å². The fourth-order valence-electron chi connectivity index (χ4n) is 11.2. The minimum atomic E-state index is -2.21. The first kappa shape index (κ1) is 55.9. The Balaban J connectivity index is 1.23. The van der Waals surface area contributed by atoms with Gasteiger partial charge in [0.25, 0.3) is 11.7 Å². The Morgan fingerprint density at radius 1 is 0.935 bits per heavy atom. The van der Waals surface area contributed by atoms with Crippen molar-refractivity contribution in [3.05, 3.63) is 104 Å². The molecule has 1 saturated carbocycles. The molecule has 412 valence electrons. The van der Waals surface area contributed by atoms with Gasteiger partial charge in [-0.25, -0.2) is 9.18 Å². The van der Waals surface area contributed by atoms with Crippen LogP contribution in [0.5, 0.6) is 17.2 Å². The SMILES string of the molecule is COc1c(N2CCC(N(C)C3=C4NC(=O)/C(C)=C\C=C\[C@H](C)[C@H](O)[C@@H](C)[C@@H](O)[C@@H](C)[C@H](OC(C)=O)[C@H](C)[C@@H](OC)/C=C/O[C@@]5(C)Oc6c(C)c(O)c(c(c6C5=O)C3=O)C4=O)C2)c(F)cc2c(=O)c(C(=O)O)cn(C3CC3)c12. The van der Waals surface area contributed by atoms with Gasteiger partial charge in [-0.3, -0.25) is 28.8 Å². The fourth-order valence-corrected chi connectivity index (χ4v) is 11.2. The van der Waals surface area contributed by atoms with Crippen molar-refractivity contribution in [1.82, 2.24) is 14.8 Å². The highest BCUT2D eigenvalue weighted by Crippen LogP contribution is 2.50. The number of halogens is 1. The predicted molar refractivity (Wildman–Crippen MR) is 277 cm³/mol. The van der Waals surface area contributed by atoms with E-state index in [0.29, 0.717) is 12.8 Å². The summed E-state index contributed by atoms with van der Waals surface area (Å²) < 4.78 is 47.8. The molecule has 0 radical (unpaired) electrons. The second kappa shape index (κ2) is 21.2. The molecule has 1 amide bonds. The maximum absolute atomic E-state index is 16.6. The molecule has 10 atom stereocenters. The van der Waals surface area contributed by atoms with E-state index in [9.17, 15) is 44.4 Å². The van der Waals surface area contributed by atoms with Gasteiger partial charge in [-0.05, 0) is 45.3 Å². The number of aromatic hydroxyl groups is 1. The Bertz CT molecular complexity index is 3190. The molecule has 2 aromatic carbocycles. The van der Waals surface area contributed by atoms with Crippen LogP contribution in [0.1, 0.15) is 121 Å². The molecular formula is C56H65FN4O16. The molecule has 3 aromatic rings. The normalized spacial score (nSPS) is 29.6. The summed E-state index contributed by atoms with van der Waals surface area (Å²) in [5.74, 6) is -12.7. The van der Waals surface area contributed by atoms with Gasteiger partial charge in [0.05, 0.1) is 59.3 Å². The number of carboxylic acids is 1. The monoisotopic (exact) mass is 1070 g/mol. The van der Waals surface area contributed by atoms with Crippen molar-refractivity contribution >= 4 is 51.8 Å². The Morgan fingerprint density at radius 3 is 2.25 bits per heavy atom. The number of nitrogens with zero attached hydrogens (tertiary/aromatic N) is 3. The number of aliphatic hydroxyl groups is 2. The molecule has 5 N–H and O–H groups in total. The highest BCUT2D eigenvalue weighted by molar-refractivity contribution is 6.32. The lowest BCUT2D eigenvalue weighted by Crippen LogP contribution is -2.46. The zero-order valence-electron chi connectivity index (χ0n) is 44.8. The van der Waals surface area contributed by atoms with Crippen molar-refractivity contribution in [2.24, 2.45) is 23.7 Å². The van der Waals surface area contributed by atoms with Crippen molar-refractivity contribution in [1.29, 1.82) is 0 Å². The Labute approximate surface area is 443 Å². The van der Waals surface area contributed by atoms with E-state index in [-0.39, 0.29) is 76.0 Å². The van der Waals surface area contributed by atoms with E-state index in [4.69, 9.17) is 23.7 Å². The van der Waals surface area contributed by atoms with E-state index in [0.717, 1.165) is 12.3 Å². The van der Waals surface area contributed by atoms with Gasteiger partial charge in [-0.1, -0.05) is 45.9 Å². The van der Waals surface area contributed by atoms with Crippen molar-refractivity contribution < 1.29 is 77.3 Å². The lowest BCUT2D eigenvalue weighted by atomic mass is 9.78. The number of amides is 1. The van der Waals surface area contributed by atoms with Gasteiger partial charge in [0.2, 0.25) is 17.0 Å². The summed E-state index contributed by atoms with van der Waals surface area (Å²) in [5.41, 5.74) is -3.66. The summed E-state index contributed by atoms with van der Waals surface area (Å²) in [5, 5.41) is 47.3. The Hall–Kier alpha value is -7.36. The van der Waals surface area contributed by atoms with Crippen LogP contribution in [-0.4, -0.2) is 136 Å². The number of carbonyl (C=O) groups is 6. The molecule has 1 saturated heterocycles. The predicted octanol–water partition coefficient (Wildman–Crippen LogP) is 5.66. The first-order chi connectivity index (χ1) is 36.3. The van der Waals surface area contributed by atoms with Crippen LogP contribution in [0.25, 0.3) is 10.9 Å². The van der Waals surface area contributed by atoms with Crippen LogP contribution in [-0.2, 0) is 23.8 Å². The number of esters is 1. The number of pyridine rings is 1. The van der Waals surface area contributed by atoms with Crippen molar-refractivity contribution in [3.8, 4) is 17.2 Å². The molecule has 0 spiro atoms. The van der Waals surface area contributed by atoms with Crippen LogP contribution in [0.2, 0.25) is 0 Å². The molecule has 5 bridgehead atoms. The zero-order chi connectivity index (χ0) is 56.4. The molecule has 5 heterocycles. The number of methoxy groups -OCH3 is 2. The fraction of sp³-hybridized carbons (Fsp3) is 0.482. The first-order valence-corrected chi connectivity index (χ1v) is 25.5. The summed E-state index contributed by atoms with van der Waals surface area (Å²) in [4.78, 5) is 101. The second-order valence-electron chi connectivity index (χ2n) is 21.0. The van der Waals surface area contributed by atoms with Crippen LogP contribution in [0.3, 0.4) is 0 Å². The standard InChI is InChI=1S/C56H65FN4O16/c1-24-13-12-14-25(2)54(70)58-40-43(59(9)32-17-19-60(22-32)42-35(57)21-33-41(52(42)74-11)61(31-15-16-31)23-34(47(33)66)55(71)72)49(68)37-38(48(40)67)46(65)29(6)51-39(37)53(69)56(8,77-51)75-20-18-36(73-10)26(3)50(76-30(7)62)28(5)45(64)27(4)44(24)63/h12-14,18,20-21,23-24,26-28,31-32,36,44-45,50,63-65H,15-17,19,22H2,1-11H3,(H,58,70)(H,71,72)/b13-12+,20-18+,25-14-/t24-,26+,27+,28+,32?,36-,44-,45+,50+,56-/m0/s1. The third-order valence-electron chi connectivity index (χ3n) is 15.9. The summed E-state index contributed by atoms with van der Waals surface area (Å²) in [7, 11) is 4.20. The minimum absolute atomic E-state index is 0.0159. The third kappa shape index (κ3) is 9.77. The number of rotatable bonds is 8. The maximum atomic E-state index is 16.6. The van der Waals surface area contributed by atoms with Crippen LogP contribution in [0.15, 0.2) is 64.6 Å². The van der Waals surface area contributed by atoms with E-state index in [1.165, 1.54) is 78.3 Å². The number of fused-ring (bicyclic) bond motifs is 15. The number of ether oxygens (including phenoxy) is 5. The van der Waals surface area contributed by atoms with E-state index >= 15 is 14.0 Å². The number of nitrogens with one attached hydrogen (secondary N) is 1. The third-order valence-corrected chi connectivity index (χ3v) is 15.9. The summed E-state index contributed by atoms with van der Waals surface area (Å²) >= 11 is 0. The largest absolute Gasteiger partial charge is 0.507 e. The Kier molecular flexibility index (Phi) is 15.4. The number of phenols is 1. The number of aromatic carboxylic acids is 1. The number of allylic oxidation sites excluding steroid dienone is 4. The molecule has 1 aromatic heterocycles. The van der Waals surface area contributed by atoms with Gasteiger partial charge >= 0.3 is 17.7 Å². The molecule has 9 rings (SSSR count). The van der Waals surface area contributed by atoms with Crippen LogP contribution < -0.4 is 25.1 Å². The molecule has 21 heteroatoms. The maximum Gasteiger partial charge on any atom is 0.341 e. The van der Waals surface area contributed by atoms with Gasteiger partial charge in [0.1, 0.15) is 40.2 Å². The number of hydrogen-bond acceptors (Lipinski definition) is 17. The van der Waals surface area contributed by atoms with Gasteiger partial charge in [-0.15, -0.1) is 0 Å². The number of ketones is 3. The number of Topliss-reactive ketones (excluding diaryl/α,β-unsaturated/α-hetero) is 3. The van der Waals surface area contributed by atoms with E-state index in [1.54, 1.807) is 43.2 Å². The molecule has 2 aliphatic carbocycles. The van der Waals surface area contributed by atoms with Crippen LogP contribution >= 0.6 is 0 Å². The number of carboxylic acid groups (broad SMARTS) is 1. The number of hydrogen-bond donors (Lipinski definition) is 5. The highest BCUT2D eigenvalue weighted by Gasteiger charge is 2.53. The van der Waals surface area contributed by atoms with Gasteiger partial charge in [-0.2, -0.15) is 0 Å². The van der Waals surface area contributed by atoms with Crippen LogP contribution in [0, 0.1) is 36.4 Å². The smallest absolute Gasteiger partial charge is 0.341 e. The molecular weight excluding hydrogens is 1000 g/mol. The van der Waals surface area contributed by atoms with E-state index < -0.39 is 134 Å². The minimum Gasteiger partial charge on any atom is -0.507 e.